The number of hydrogen-bond donors (Lipinski definition) is 0. The van der Waals surface area contributed by atoms with Gasteiger partial charge in [-0.05, 0) is 96.1 Å². The molecule has 50 heavy (non-hydrogen) atoms. The van der Waals surface area contributed by atoms with Crippen molar-refractivity contribution in [1.82, 2.24) is 29.1 Å². The zero-order chi connectivity index (χ0) is 33.0. The first kappa shape index (κ1) is 28.1. The second kappa shape index (κ2) is 11.4. The minimum Gasteiger partial charge on any atom is -0.309 e. The average Bonchev–Trinajstić information content (AvgIpc) is 3.71. The number of benzene rings is 4. The van der Waals surface area contributed by atoms with Gasteiger partial charge in [0.2, 0.25) is 0 Å². The number of nitrogens with zero attached hydrogens (tertiary/aromatic N) is 6. The molecule has 10 aromatic rings. The normalized spacial score (nSPS) is 11.6. The highest BCUT2D eigenvalue weighted by Crippen LogP contribution is 2.38. The zero-order valence-corrected chi connectivity index (χ0v) is 26.8. The van der Waals surface area contributed by atoms with E-state index in [-0.39, 0.29) is 0 Å². The Morgan fingerprint density at radius 2 is 0.960 bits per heavy atom. The molecule has 6 heterocycles. The van der Waals surface area contributed by atoms with Crippen molar-refractivity contribution in [3.63, 3.8) is 0 Å². The number of aromatic nitrogens is 6. The first-order valence-corrected chi connectivity index (χ1v) is 16.6. The maximum Gasteiger partial charge on any atom is 0.145 e. The van der Waals surface area contributed by atoms with Crippen LogP contribution in [0.1, 0.15) is 0 Å². The molecular formula is C44H28N6. The van der Waals surface area contributed by atoms with Gasteiger partial charge in [-0.1, -0.05) is 66.7 Å². The molecule has 0 radical (unpaired) electrons. The molecule has 10 rings (SSSR count). The van der Waals surface area contributed by atoms with E-state index in [2.05, 4.69) is 128 Å². The third kappa shape index (κ3) is 4.50. The van der Waals surface area contributed by atoms with Crippen molar-refractivity contribution in [1.29, 1.82) is 0 Å². The smallest absolute Gasteiger partial charge is 0.145 e. The Labute approximate surface area is 287 Å². The van der Waals surface area contributed by atoms with Crippen LogP contribution in [0.3, 0.4) is 0 Å². The lowest BCUT2D eigenvalue weighted by Gasteiger charge is -2.12. The molecule has 0 aliphatic carbocycles. The summed E-state index contributed by atoms with van der Waals surface area (Å²) in [5, 5.41) is 4.69. The van der Waals surface area contributed by atoms with Crippen molar-refractivity contribution >= 4 is 43.7 Å². The van der Waals surface area contributed by atoms with Crippen LogP contribution in [0, 0.1) is 0 Å². The van der Waals surface area contributed by atoms with Crippen LogP contribution in [0.2, 0.25) is 0 Å². The lowest BCUT2D eigenvalue weighted by molar-refractivity contribution is 1.11. The molecule has 4 aromatic carbocycles. The van der Waals surface area contributed by atoms with Crippen molar-refractivity contribution < 1.29 is 0 Å². The molecule has 0 bridgehead atoms. The minimum absolute atomic E-state index is 0.772. The molecule has 0 unspecified atom stereocenters. The third-order valence-electron chi connectivity index (χ3n) is 9.47. The fourth-order valence-electron chi connectivity index (χ4n) is 7.23. The van der Waals surface area contributed by atoms with E-state index in [0.717, 1.165) is 67.2 Å². The molecule has 6 heteroatoms. The topological polar surface area (TPSA) is 61.4 Å². The zero-order valence-electron chi connectivity index (χ0n) is 26.8. The van der Waals surface area contributed by atoms with Gasteiger partial charge in [0.05, 0.1) is 45.0 Å². The third-order valence-corrected chi connectivity index (χ3v) is 9.47. The van der Waals surface area contributed by atoms with Crippen molar-refractivity contribution in [3.8, 4) is 45.3 Å². The first-order valence-electron chi connectivity index (χ1n) is 16.6. The van der Waals surface area contributed by atoms with Gasteiger partial charge in [-0.3, -0.25) is 14.5 Å². The van der Waals surface area contributed by atoms with E-state index in [9.17, 15) is 0 Å². The highest BCUT2D eigenvalue weighted by molar-refractivity contribution is 6.12. The maximum atomic E-state index is 5.01. The molecule has 0 aliphatic rings. The Morgan fingerprint density at radius 1 is 0.340 bits per heavy atom. The summed E-state index contributed by atoms with van der Waals surface area (Å²) in [6, 6.07) is 52.9. The van der Waals surface area contributed by atoms with E-state index in [1.165, 1.54) is 21.8 Å². The molecule has 0 atom stereocenters. The summed E-state index contributed by atoms with van der Waals surface area (Å²) in [7, 11) is 0. The Bertz CT molecular complexity index is 2800. The lowest BCUT2D eigenvalue weighted by atomic mass is 10.0. The molecule has 0 saturated heterocycles. The molecule has 234 valence electrons. The van der Waals surface area contributed by atoms with E-state index in [4.69, 9.17) is 9.97 Å². The fraction of sp³-hybridized carbons (Fsp3) is 0. The van der Waals surface area contributed by atoms with Crippen LogP contribution in [-0.2, 0) is 0 Å². The summed E-state index contributed by atoms with van der Waals surface area (Å²) >= 11 is 0. The van der Waals surface area contributed by atoms with E-state index >= 15 is 0 Å². The Morgan fingerprint density at radius 3 is 1.72 bits per heavy atom. The second-order valence-corrected chi connectivity index (χ2v) is 12.4. The van der Waals surface area contributed by atoms with Crippen molar-refractivity contribution in [2.45, 2.75) is 0 Å². The van der Waals surface area contributed by atoms with Gasteiger partial charge in [0.15, 0.2) is 0 Å². The highest BCUT2D eigenvalue weighted by Gasteiger charge is 2.18. The molecule has 0 aliphatic heterocycles. The number of hydrogen-bond acceptors (Lipinski definition) is 4. The van der Waals surface area contributed by atoms with E-state index in [0.29, 0.717) is 0 Å². The van der Waals surface area contributed by atoms with Gasteiger partial charge in [-0.25, -0.2) is 9.97 Å². The summed E-state index contributed by atoms with van der Waals surface area (Å²) in [4.78, 5) is 19.2. The van der Waals surface area contributed by atoms with Crippen LogP contribution in [0.5, 0.6) is 0 Å². The average molecular weight is 641 g/mol. The summed E-state index contributed by atoms with van der Waals surface area (Å²) in [6.07, 6.45) is 5.45. The lowest BCUT2D eigenvalue weighted by Crippen LogP contribution is -2.00. The van der Waals surface area contributed by atoms with Gasteiger partial charge in [-0.2, -0.15) is 0 Å². The van der Waals surface area contributed by atoms with Crippen LogP contribution >= 0.6 is 0 Å². The Balaban J connectivity index is 1.18. The van der Waals surface area contributed by atoms with Crippen LogP contribution in [0.4, 0.5) is 0 Å². The predicted octanol–water partition coefficient (Wildman–Crippen LogP) is 10.5. The molecule has 6 aromatic heterocycles. The molecule has 0 amide bonds. The highest BCUT2D eigenvalue weighted by atomic mass is 15.1. The van der Waals surface area contributed by atoms with Crippen LogP contribution < -0.4 is 0 Å². The maximum absolute atomic E-state index is 5.01. The number of fused-ring (bicyclic) bond motifs is 6. The summed E-state index contributed by atoms with van der Waals surface area (Å²) < 4.78 is 4.59. The van der Waals surface area contributed by atoms with Crippen LogP contribution in [-0.4, -0.2) is 29.1 Å². The fourth-order valence-corrected chi connectivity index (χ4v) is 7.23. The SMILES string of the molecule is c1ccc(-n2c3ccccc3c3ccc(-c4ccc5c(c4)c4cccnc4n5-c4cc(-c5ccccn5)nc(-c5ccccn5)c4)cc32)cc1. The van der Waals surface area contributed by atoms with Gasteiger partial charge >= 0.3 is 0 Å². The second-order valence-electron chi connectivity index (χ2n) is 12.4. The first-order chi connectivity index (χ1) is 24.8. The van der Waals surface area contributed by atoms with Gasteiger partial charge in [-0.15, -0.1) is 0 Å². The molecule has 0 fully saturated rings. The monoisotopic (exact) mass is 640 g/mol. The number of rotatable bonds is 5. The largest absolute Gasteiger partial charge is 0.309 e. The predicted molar refractivity (Wildman–Crippen MR) is 203 cm³/mol. The quantitative estimate of drug-likeness (QED) is 0.188. The minimum atomic E-state index is 0.772. The van der Waals surface area contributed by atoms with Crippen molar-refractivity contribution in [2.24, 2.45) is 0 Å². The summed E-state index contributed by atoms with van der Waals surface area (Å²) in [5.41, 5.74) is 11.8. The van der Waals surface area contributed by atoms with Crippen LogP contribution in [0.25, 0.3) is 89.0 Å². The molecular weight excluding hydrogens is 613 g/mol. The molecule has 0 spiro atoms. The van der Waals surface area contributed by atoms with Gasteiger partial charge in [0, 0.05) is 45.8 Å². The van der Waals surface area contributed by atoms with Gasteiger partial charge in [0.25, 0.3) is 0 Å². The van der Waals surface area contributed by atoms with E-state index < -0.39 is 0 Å². The van der Waals surface area contributed by atoms with Gasteiger partial charge in [0.1, 0.15) is 5.65 Å². The standard InChI is InChI=1S/C44H28N6/c1-2-11-31(12-3-1)49-41-17-5-4-13-33(41)34-20-18-30(26-43(34)49)29-19-21-42-36(25-29)35-14-10-24-47-44(35)50(42)32-27-39(37-15-6-8-22-45-37)48-40(28-32)38-16-7-9-23-46-38/h1-28H. The van der Waals surface area contributed by atoms with E-state index in [1.54, 1.807) is 12.4 Å². The van der Waals surface area contributed by atoms with Crippen LogP contribution in [0.15, 0.2) is 170 Å². The Kier molecular flexibility index (Phi) is 6.39. The number of para-hydroxylation sites is 2. The Hall–Kier alpha value is -6.92. The summed E-state index contributed by atoms with van der Waals surface area (Å²) in [5.74, 6) is 0. The van der Waals surface area contributed by atoms with E-state index in [1.807, 2.05) is 48.7 Å². The van der Waals surface area contributed by atoms with Crippen molar-refractivity contribution in [2.75, 3.05) is 0 Å². The summed E-state index contributed by atoms with van der Waals surface area (Å²) in [6.45, 7) is 0. The molecule has 0 saturated carbocycles. The molecule has 6 nitrogen and oxygen atoms in total. The van der Waals surface area contributed by atoms with Gasteiger partial charge < -0.3 is 4.57 Å². The van der Waals surface area contributed by atoms with Crippen molar-refractivity contribution in [3.05, 3.63) is 170 Å². The molecule has 0 N–H and O–H groups in total. The number of pyridine rings is 4.